The molecule has 0 aliphatic rings. The molecule has 3 rings (SSSR count). The topological polar surface area (TPSA) is 96.5 Å². The van der Waals surface area contributed by atoms with Crippen molar-refractivity contribution in [1.82, 2.24) is 19.7 Å². The van der Waals surface area contributed by atoms with Crippen LogP contribution >= 0.6 is 0 Å². The van der Waals surface area contributed by atoms with Gasteiger partial charge in [0.1, 0.15) is 18.5 Å². The Balaban J connectivity index is 1.80. The minimum Gasteiger partial charge on any atom is -0.322 e. The van der Waals surface area contributed by atoms with E-state index < -0.39 is 0 Å². The highest BCUT2D eigenvalue weighted by atomic mass is 16.1. The fourth-order valence-electron chi connectivity index (χ4n) is 1.85. The number of hydrogen-bond donors (Lipinski definition) is 1. The van der Waals surface area contributed by atoms with E-state index in [4.69, 9.17) is 5.26 Å². The van der Waals surface area contributed by atoms with Gasteiger partial charge in [0.25, 0.3) is 5.91 Å². The first-order chi connectivity index (χ1) is 10.8. The molecule has 0 unspecified atom stereocenters. The van der Waals surface area contributed by atoms with Crippen molar-refractivity contribution >= 4 is 11.6 Å². The van der Waals surface area contributed by atoms with Crippen LogP contribution in [0.15, 0.2) is 55.2 Å². The Labute approximate surface area is 125 Å². The fraction of sp³-hybridized carbons (Fsp3) is 0. The smallest absolute Gasteiger partial charge is 0.255 e. The quantitative estimate of drug-likeness (QED) is 0.793. The Hall–Kier alpha value is -3.53. The number of pyridine rings is 1. The largest absolute Gasteiger partial charge is 0.322 e. The van der Waals surface area contributed by atoms with Gasteiger partial charge in [0.15, 0.2) is 0 Å². The molecule has 7 nitrogen and oxygen atoms in total. The maximum Gasteiger partial charge on any atom is 0.255 e. The maximum absolute atomic E-state index is 12.2. The number of benzene rings is 1. The Kier molecular flexibility index (Phi) is 3.58. The van der Waals surface area contributed by atoms with Crippen molar-refractivity contribution in [2.45, 2.75) is 0 Å². The fourth-order valence-corrected chi connectivity index (χ4v) is 1.85. The number of anilines is 1. The van der Waals surface area contributed by atoms with Gasteiger partial charge < -0.3 is 5.32 Å². The normalized spacial score (nSPS) is 9.95. The second-order valence-electron chi connectivity index (χ2n) is 4.42. The van der Waals surface area contributed by atoms with E-state index in [1.165, 1.54) is 12.7 Å². The minimum atomic E-state index is -0.263. The van der Waals surface area contributed by atoms with Crippen molar-refractivity contribution in [3.8, 4) is 11.9 Å². The first-order valence-electron chi connectivity index (χ1n) is 6.39. The zero-order valence-electron chi connectivity index (χ0n) is 11.3. The summed E-state index contributed by atoms with van der Waals surface area (Å²) in [5.41, 5.74) is 1.62. The van der Waals surface area contributed by atoms with Gasteiger partial charge in [-0.3, -0.25) is 9.36 Å². The summed E-state index contributed by atoms with van der Waals surface area (Å²) in [6.07, 6.45) is 4.55. The standard InChI is InChI=1S/C15H10N6O/c16-8-11-1-3-13(4-2-11)20-15(22)12-5-6-17-14(7-12)21-9-18-19-10-21/h1-7,9-10H,(H,20,22). The van der Waals surface area contributed by atoms with E-state index in [1.807, 2.05) is 6.07 Å². The number of hydrogen-bond acceptors (Lipinski definition) is 5. The average Bonchev–Trinajstić information content (AvgIpc) is 3.10. The van der Waals surface area contributed by atoms with E-state index in [1.54, 1.807) is 47.2 Å². The van der Waals surface area contributed by atoms with Crippen molar-refractivity contribution < 1.29 is 4.79 Å². The lowest BCUT2D eigenvalue weighted by Crippen LogP contribution is -2.12. The molecule has 0 radical (unpaired) electrons. The van der Waals surface area contributed by atoms with Crippen molar-refractivity contribution in [3.63, 3.8) is 0 Å². The molecular weight excluding hydrogens is 280 g/mol. The third-order valence-electron chi connectivity index (χ3n) is 2.96. The molecule has 0 fully saturated rings. The Morgan fingerprint density at radius 3 is 2.55 bits per heavy atom. The third-order valence-corrected chi connectivity index (χ3v) is 2.96. The molecule has 1 aromatic carbocycles. The van der Waals surface area contributed by atoms with Crippen molar-refractivity contribution in [2.24, 2.45) is 0 Å². The molecule has 0 aliphatic heterocycles. The molecule has 1 amide bonds. The number of rotatable bonds is 3. The highest BCUT2D eigenvalue weighted by Crippen LogP contribution is 2.12. The van der Waals surface area contributed by atoms with Crippen LogP contribution in [-0.2, 0) is 0 Å². The zero-order chi connectivity index (χ0) is 15.4. The Morgan fingerprint density at radius 1 is 1.14 bits per heavy atom. The molecule has 3 aromatic rings. The molecule has 0 bridgehead atoms. The molecule has 7 heteroatoms. The van der Waals surface area contributed by atoms with E-state index in [2.05, 4.69) is 20.5 Å². The summed E-state index contributed by atoms with van der Waals surface area (Å²) in [6.45, 7) is 0. The van der Waals surface area contributed by atoms with Crippen LogP contribution in [0.3, 0.4) is 0 Å². The van der Waals surface area contributed by atoms with E-state index in [0.717, 1.165) is 0 Å². The summed E-state index contributed by atoms with van der Waals surface area (Å²) in [6, 6.07) is 11.9. The molecule has 106 valence electrons. The van der Waals surface area contributed by atoms with E-state index >= 15 is 0 Å². The predicted octanol–water partition coefficient (Wildman–Crippen LogP) is 1.79. The Morgan fingerprint density at radius 2 is 1.86 bits per heavy atom. The number of nitrogens with zero attached hydrogens (tertiary/aromatic N) is 5. The monoisotopic (exact) mass is 290 g/mol. The van der Waals surface area contributed by atoms with Gasteiger partial charge in [-0.2, -0.15) is 5.26 Å². The molecule has 0 spiro atoms. The lowest BCUT2D eigenvalue weighted by molar-refractivity contribution is 0.102. The Bertz CT molecular complexity index is 833. The van der Waals surface area contributed by atoms with Gasteiger partial charge in [-0.05, 0) is 36.4 Å². The average molecular weight is 290 g/mol. The second kappa shape index (κ2) is 5.85. The zero-order valence-corrected chi connectivity index (χ0v) is 11.3. The molecule has 2 heterocycles. The molecule has 22 heavy (non-hydrogen) atoms. The third kappa shape index (κ3) is 2.81. The molecule has 1 N–H and O–H groups in total. The van der Waals surface area contributed by atoms with Crippen LogP contribution in [0.4, 0.5) is 5.69 Å². The van der Waals surface area contributed by atoms with Gasteiger partial charge in [-0.15, -0.1) is 10.2 Å². The summed E-state index contributed by atoms with van der Waals surface area (Å²) in [4.78, 5) is 16.4. The highest BCUT2D eigenvalue weighted by molar-refractivity contribution is 6.04. The van der Waals surface area contributed by atoms with Crippen LogP contribution in [0.25, 0.3) is 5.82 Å². The van der Waals surface area contributed by atoms with Crippen molar-refractivity contribution in [2.75, 3.05) is 5.32 Å². The number of carbonyl (C=O) groups is 1. The molecule has 0 saturated heterocycles. The lowest BCUT2D eigenvalue weighted by Gasteiger charge is -2.06. The van der Waals surface area contributed by atoms with Gasteiger partial charge in [-0.1, -0.05) is 0 Å². The molecule has 0 atom stereocenters. The highest BCUT2D eigenvalue weighted by Gasteiger charge is 2.08. The van der Waals surface area contributed by atoms with Gasteiger partial charge in [0.2, 0.25) is 0 Å². The first kappa shape index (κ1) is 13.5. The van der Waals surface area contributed by atoms with Crippen LogP contribution in [0.1, 0.15) is 15.9 Å². The summed E-state index contributed by atoms with van der Waals surface area (Å²) in [7, 11) is 0. The van der Waals surface area contributed by atoms with E-state index in [0.29, 0.717) is 22.6 Å². The van der Waals surface area contributed by atoms with Gasteiger partial charge in [0.05, 0.1) is 11.6 Å². The van der Waals surface area contributed by atoms with Gasteiger partial charge in [0, 0.05) is 17.4 Å². The minimum absolute atomic E-state index is 0.263. The van der Waals surface area contributed by atoms with Crippen molar-refractivity contribution in [3.05, 3.63) is 66.4 Å². The molecule has 0 saturated carbocycles. The van der Waals surface area contributed by atoms with Crippen LogP contribution in [-0.4, -0.2) is 25.7 Å². The van der Waals surface area contributed by atoms with Crippen LogP contribution in [0, 0.1) is 11.3 Å². The summed E-state index contributed by atoms with van der Waals surface area (Å²) in [5.74, 6) is 0.291. The molecular formula is C15H10N6O. The molecule has 0 aliphatic carbocycles. The van der Waals surface area contributed by atoms with Crippen LogP contribution < -0.4 is 5.32 Å². The van der Waals surface area contributed by atoms with E-state index in [9.17, 15) is 4.79 Å². The van der Waals surface area contributed by atoms with Gasteiger partial charge in [-0.25, -0.2) is 4.98 Å². The maximum atomic E-state index is 12.2. The predicted molar refractivity (Wildman–Crippen MR) is 78.3 cm³/mol. The lowest BCUT2D eigenvalue weighted by atomic mass is 10.2. The summed E-state index contributed by atoms with van der Waals surface area (Å²) < 4.78 is 1.61. The van der Waals surface area contributed by atoms with Crippen LogP contribution in [0.5, 0.6) is 0 Å². The summed E-state index contributed by atoms with van der Waals surface area (Å²) in [5, 5.41) is 18.9. The molecule has 2 aromatic heterocycles. The van der Waals surface area contributed by atoms with Gasteiger partial charge >= 0.3 is 0 Å². The van der Waals surface area contributed by atoms with Crippen molar-refractivity contribution in [1.29, 1.82) is 5.26 Å². The number of nitrogens with one attached hydrogen (secondary N) is 1. The number of carbonyl (C=O) groups excluding carboxylic acids is 1. The summed E-state index contributed by atoms with van der Waals surface area (Å²) >= 11 is 0. The number of nitriles is 1. The number of aromatic nitrogens is 4. The second-order valence-corrected chi connectivity index (χ2v) is 4.42. The first-order valence-corrected chi connectivity index (χ1v) is 6.39. The van der Waals surface area contributed by atoms with Crippen LogP contribution in [0.2, 0.25) is 0 Å². The number of amides is 1. The van der Waals surface area contributed by atoms with E-state index in [-0.39, 0.29) is 5.91 Å². The SMILES string of the molecule is N#Cc1ccc(NC(=O)c2ccnc(-n3cnnc3)c2)cc1.